The average molecular weight is 457 g/mol. The van der Waals surface area contributed by atoms with E-state index in [0.717, 1.165) is 11.1 Å². The molecule has 0 saturated carbocycles. The summed E-state index contributed by atoms with van der Waals surface area (Å²) in [6.45, 7) is 0. The highest BCUT2D eigenvalue weighted by molar-refractivity contribution is 7.98. The Hall–Kier alpha value is -4.24. The fourth-order valence-corrected chi connectivity index (χ4v) is 4.03. The van der Waals surface area contributed by atoms with E-state index in [4.69, 9.17) is 10.2 Å². The first-order valence-electron chi connectivity index (χ1n) is 10.2. The number of furan rings is 1. The third kappa shape index (κ3) is 4.68. The van der Waals surface area contributed by atoms with Crippen molar-refractivity contribution >= 4 is 46.3 Å². The number of thioether (sulfide) groups is 1. The van der Waals surface area contributed by atoms with E-state index in [2.05, 4.69) is 20.7 Å². The molecule has 0 bridgehead atoms. The minimum Gasteiger partial charge on any atom is -0.449 e. The zero-order valence-corrected chi connectivity index (χ0v) is 18.3. The summed E-state index contributed by atoms with van der Waals surface area (Å²) < 4.78 is 7.16. The van der Waals surface area contributed by atoms with Crippen LogP contribution in [0.2, 0.25) is 0 Å². The molecule has 8 nitrogen and oxygen atoms in total. The maximum Gasteiger partial charge on any atom is 0.255 e. The third-order valence-electron chi connectivity index (χ3n) is 4.93. The number of carbonyl (C=O) groups excluding carboxylic acids is 1. The zero-order valence-electron chi connectivity index (χ0n) is 17.4. The van der Waals surface area contributed by atoms with E-state index in [1.54, 1.807) is 35.0 Å². The van der Waals surface area contributed by atoms with Gasteiger partial charge in [-0.2, -0.15) is 0 Å². The van der Waals surface area contributed by atoms with Gasteiger partial charge >= 0.3 is 0 Å². The first kappa shape index (κ1) is 20.7. The Morgan fingerprint density at radius 2 is 1.88 bits per heavy atom. The van der Waals surface area contributed by atoms with Crippen molar-refractivity contribution in [1.29, 1.82) is 0 Å². The van der Waals surface area contributed by atoms with Gasteiger partial charge in [-0.1, -0.05) is 36.0 Å². The number of carbonyl (C=O) groups is 1. The quantitative estimate of drug-likeness (QED) is 0.228. The maximum atomic E-state index is 12.5. The van der Waals surface area contributed by atoms with Crippen LogP contribution in [-0.4, -0.2) is 20.5 Å². The van der Waals surface area contributed by atoms with Crippen LogP contribution in [0.3, 0.4) is 0 Å². The Labute approximate surface area is 193 Å². The van der Waals surface area contributed by atoms with Crippen molar-refractivity contribution < 1.29 is 9.21 Å². The normalized spacial score (nSPS) is 10.9. The van der Waals surface area contributed by atoms with Crippen LogP contribution in [0.5, 0.6) is 0 Å². The van der Waals surface area contributed by atoms with Crippen molar-refractivity contribution in [2.45, 2.75) is 10.9 Å². The molecule has 0 atom stereocenters. The maximum absolute atomic E-state index is 12.5. The number of nitrogens with one attached hydrogen (secondary N) is 2. The van der Waals surface area contributed by atoms with E-state index >= 15 is 0 Å². The van der Waals surface area contributed by atoms with Gasteiger partial charge in [-0.3, -0.25) is 4.79 Å². The van der Waals surface area contributed by atoms with Gasteiger partial charge in [-0.25, -0.2) is 9.50 Å². The number of nitrogen functional groups attached to an aromatic ring is 1. The minimum absolute atomic E-state index is 0.206. The van der Waals surface area contributed by atoms with Crippen LogP contribution in [0.25, 0.3) is 5.52 Å². The molecule has 9 heteroatoms. The molecule has 1 amide bonds. The lowest BCUT2D eigenvalue weighted by atomic mass is 10.1. The fourth-order valence-electron chi connectivity index (χ4n) is 3.24. The van der Waals surface area contributed by atoms with Gasteiger partial charge in [0.1, 0.15) is 5.52 Å². The molecule has 0 unspecified atom stereocenters. The molecule has 2 aromatic carbocycles. The molecule has 0 aliphatic rings. The van der Waals surface area contributed by atoms with Crippen molar-refractivity contribution in [3.05, 3.63) is 96.4 Å². The number of nitrogens with two attached hydrogens (primary N) is 1. The van der Waals surface area contributed by atoms with Crippen molar-refractivity contribution in [2.24, 2.45) is 0 Å². The van der Waals surface area contributed by atoms with Crippen LogP contribution in [-0.2, 0) is 5.75 Å². The van der Waals surface area contributed by atoms with Crippen molar-refractivity contribution in [2.75, 3.05) is 16.4 Å². The minimum atomic E-state index is -0.206. The second-order valence-corrected chi connectivity index (χ2v) is 8.15. The molecule has 0 radical (unpaired) electrons. The summed E-state index contributed by atoms with van der Waals surface area (Å²) in [5.41, 5.74) is 9.48. The molecule has 0 saturated heterocycles. The second-order valence-electron chi connectivity index (χ2n) is 7.21. The molecular formula is C24H20N6O2S. The van der Waals surface area contributed by atoms with Crippen molar-refractivity contribution in [3.8, 4) is 0 Å². The van der Waals surface area contributed by atoms with Gasteiger partial charge in [0, 0.05) is 23.6 Å². The van der Waals surface area contributed by atoms with E-state index in [9.17, 15) is 4.79 Å². The molecule has 0 spiro atoms. The number of para-hydroxylation sites is 2. The Balaban J connectivity index is 1.27. The number of rotatable bonds is 7. The number of hydrogen-bond donors (Lipinski definition) is 3. The summed E-state index contributed by atoms with van der Waals surface area (Å²) in [5.74, 6) is 1.72. The van der Waals surface area contributed by atoms with Gasteiger partial charge in [0.15, 0.2) is 11.7 Å². The topological polar surface area (TPSA) is 110 Å². The molecule has 5 rings (SSSR count). The molecule has 3 heterocycles. The number of aromatic nitrogens is 3. The predicted molar refractivity (Wildman–Crippen MR) is 130 cm³/mol. The Morgan fingerprint density at radius 3 is 2.67 bits per heavy atom. The summed E-state index contributed by atoms with van der Waals surface area (Å²) in [5, 5.41) is 11.2. The molecule has 164 valence electrons. The van der Waals surface area contributed by atoms with Gasteiger partial charge < -0.3 is 20.8 Å². The van der Waals surface area contributed by atoms with Crippen LogP contribution in [0.4, 0.5) is 23.1 Å². The molecular weight excluding hydrogens is 436 g/mol. The van der Waals surface area contributed by atoms with Gasteiger partial charge in [0.05, 0.1) is 17.6 Å². The predicted octanol–water partition coefficient (Wildman–Crippen LogP) is 5.19. The molecule has 5 aromatic rings. The van der Waals surface area contributed by atoms with E-state index < -0.39 is 0 Å². The van der Waals surface area contributed by atoms with Gasteiger partial charge in [0.25, 0.3) is 5.91 Å². The number of amides is 1. The number of fused-ring (bicyclic) bond motifs is 1. The van der Waals surface area contributed by atoms with E-state index in [-0.39, 0.29) is 5.91 Å². The molecule has 0 aliphatic carbocycles. The van der Waals surface area contributed by atoms with Crippen LogP contribution < -0.4 is 16.4 Å². The summed E-state index contributed by atoms with van der Waals surface area (Å²) in [7, 11) is 0. The summed E-state index contributed by atoms with van der Waals surface area (Å²) in [6, 6.07) is 22.1. The molecule has 4 N–H and O–H groups in total. The molecule has 3 aromatic heterocycles. The van der Waals surface area contributed by atoms with E-state index in [1.807, 2.05) is 54.7 Å². The largest absolute Gasteiger partial charge is 0.449 e. The number of anilines is 4. The van der Waals surface area contributed by atoms with Crippen LogP contribution in [0.15, 0.2) is 94.8 Å². The second kappa shape index (κ2) is 9.09. The number of hydrogen-bond acceptors (Lipinski definition) is 7. The van der Waals surface area contributed by atoms with Crippen LogP contribution in [0, 0.1) is 0 Å². The Kier molecular flexibility index (Phi) is 5.69. The molecule has 0 fully saturated rings. The summed E-state index contributed by atoms with van der Waals surface area (Å²) in [6.07, 6.45) is 3.48. The van der Waals surface area contributed by atoms with Crippen LogP contribution >= 0.6 is 11.8 Å². The van der Waals surface area contributed by atoms with E-state index in [1.165, 1.54) is 11.8 Å². The highest BCUT2D eigenvalue weighted by Gasteiger charge is 2.11. The molecule has 33 heavy (non-hydrogen) atoms. The van der Waals surface area contributed by atoms with Crippen molar-refractivity contribution in [3.63, 3.8) is 0 Å². The van der Waals surface area contributed by atoms with Crippen molar-refractivity contribution in [1.82, 2.24) is 14.6 Å². The van der Waals surface area contributed by atoms with E-state index in [0.29, 0.717) is 39.5 Å². The average Bonchev–Trinajstić information content (AvgIpc) is 3.52. The monoisotopic (exact) mass is 456 g/mol. The standard InChI is InChI=1S/C24H20N6O2S/c25-18-5-1-2-6-19(18)26-23(31)17-11-9-16(10-12-17)15-33-24-28-22(27-21-8-4-14-32-21)20-7-3-13-30(20)29-24/h1-14H,15,25H2,(H,26,31)(H,27,28,29). The SMILES string of the molecule is Nc1ccccc1NC(=O)c1ccc(CSc2nc(Nc3ccco3)c3cccn3n2)cc1. The number of nitrogens with zero attached hydrogens (tertiary/aromatic N) is 3. The fraction of sp³-hybridized carbons (Fsp3) is 0.0417. The molecule has 0 aliphatic heterocycles. The first-order chi connectivity index (χ1) is 16.2. The van der Waals surface area contributed by atoms with Crippen LogP contribution in [0.1, 0.15) is 15.9 Å². The summed E-state index contributed by atoms with van der Waals surface area (Å²) >= 11 is 1.51. The van der Waals surface area contributed by atoms with Gasteiger partial charge in [0.2, 0.25) is 5.16 Å². The highest BCUT2D eigenvalue weighted by Crippen LogP contribution is 2.26. The first-order valence-corrected chi connectivity index (χ1v) is 11.2. The smallest absolute Gasteiger partial charge is 0.255 e. The Bertz CT molecular complexity index is 1400. The lowest BCUT2D eigenvalue weighted by Crippen LogP contribution is -2.13. The number of benzene rings is 2. The van der Waals surface area contributed by atoms with Gasteiger partial charge in [-0.15, -0.1) is 5.10 Å². The zero-order chi connectivity index (χ0) is 22.6. The lowest BCUT2D eigenvalue weighted by molar-refractivity contribution is 0.102. The third-order valence-corrected chi connectivity index (χ3v) is 5.84. The Morgan fingerprint density at radius 1 is 1.03 bits per heavy atom. The lowest BCUT2D eigenvalue weighted by Gasteiger charge is -2.09. The van der Waals surface area contributed by atoms with Gasteiger partial charge in [-0.05, 0) is 48.0 Å². The summed E-state index contributed by atoms with van der Waals surface area (Å²) in [4.78, 5) is 17.2. The highest BCUT2D eigenvalue weighted by atomic mass is 32.2.